The van der Waals surface area contributed by atoms with E-state index < -0.39 is 0 Å². The number of esters is 1. The third kappa shape index (κ3) is 7.80. The smallest absolute Gasteiger partial charge is 0.330 e. The van der Waals surface area contributed by atoms with Crippen molar-refractivity contribution in [2.75, 3.05) is 13.2 Å². The van der Waals surface area contributed by atoms with Gasteiger partial charge in [-0.25, -0.2) is 4.79 Å². The summed E-state index contributed by atoms with van der Waals surface area (Å²) >= 11 is 0. The second kappa shape index (κ2) is 7.56. The number of hydrogen-bond donors (Lipinski definition) is 1. The molecule has 1 N–H and O–H groups in total. The molecule has 0 heterocycles. The Labute approximate surface area is 86.5 Å². The van der Waals surface area contributed by atoms with Crippen LogP contribution < -0.4 is 5.32 Å². The molecule has 0 rings (SSSR count). The van der Waals surface area contributed by atoms with Crippen molar-refractivity contribution in [3.05, 3.63) is 12.7 Å². The van der Waals surface area contributed by atoms with Gasteiger partial charge in [0.1, 0.15) is 0 Å². The molecule has 0 saturated carbocycles. The fraction of sp³-hybridized carbons (Fsp3) is 0.727. The van der Waals surface area contributed by atoms with Crippen molar-refractivity contribution in [3.63, 3.8) is 0 Å². The highest BCUT2D eigenvalue weighted by molar-refractivity contribution is 5.81. The third-order valence-corrected chi connectivity index (χ3v) is 1.84. The summed E-state index contributed by atoms with van der Waals surface area (Å²) in [6.07, 6.45) is 2.03. The Morgan fingerprint density at radius 2 is 2.14 bits per heavy atom. The summed E-state index contributed by atoms with van der Waals surface area (Å²) in [4.78, 5) is 10.7. The molecule has 0 saturated heterocycles. The zero-order valence-electron chi connectivity index (χ0n) is 9.38. The predicted molar refractivity (Wildman–Crippen MR) is 58.1 cm³/mol. The molecule has 0 aliphatic carbocycles. The highest BCUT2D eigenvalue weighted by Gasteiger charge is 2.03. The fourth-order valence-corrected chi connectivity index (χ4v) is 0.934. The summed E-state index contributed by atoms with van der Waals surface area (Å²) < 4.78 is 4.87. The minimum atomic E-state index is -0.346. The minimum Gasteiger partial charge on any atom is -0.462 e. The van der Waals surface area contributed by atoms with Crippen LogP contribution in [-0.4, -0.2) is 25.2 Å². The highest BCUT2D eigenvalue weighted by Crippen LogP contribution is 1.95. The van der Waals surface area contributed by atoms with E-state index >= 15 is 0 Å². The normalized spacial score (nSPS) is 12.6. The Bertz CT molecular complexity index is 178. The molecule has 1 unspecified atom stereocenters. The monoisotopic (exact) mass is 199 g/mol. The van der Waals surface area contributed by atoms with Crippen LogP contribution in [0, 0.1) is 5.92 Å². The fourth-order valence-electron chi connectivity index (χ4n) is 0.934. The van der Waals surface area contributed by atoms with Crippen LogP contribution in [0.3, 0.4) is 0 Å². The van der Waals surface area contributed by atoms with Crippen LogP contribution in [0.5, 0.6) is 0 Å². The SMILES string of the molecule is C=CC(=O)OCCC(C)NCC(C)C. The molecule has 3 nitrogen and oxygen atoms in total. The third-order valence-electron chi connectivity index (χ3n) is 1.84. The van der Waals surface area contributed by atoms with Gasteiger partial charge in [-0.05, 0) is 25.8 Å². The molecular weight excluding hydrogens is 178 g/mol. The number of hydrogen-bond acceptors (Lipinski definition) is 3. The van der Waals surface area contributed by atoms with Crippen molar-refractivity contribution in [1.82, 2.24) is 5.32 Å². The lowest BCUT2D eigenvalue weighted by Gasteiger charge is -2.14. The van der Waals surface area contributed by atoms with E-state index in [0.29, 0.717) is 18.6 Å². The molecule has 0 bridgehead atoms. The summed E-state index contributed by atoms with van der Waals surface area (Å²) in [5.74, 6) is 0.300. The molecule has 0 aliphatic heterocycles. The van der Waals surface area contributed by atoms with Crippen molar-refractivity contribution in [1.29, 1.82) is 0 Å². The van der Waals surface area contributed by atoms with E-state index in [1.54, 1.807) is 0 Å². The Hall–Kier alpha value is -0.830. The first kappa shape index (κ1) is 13.2. The summed E-state index contributed by atoms with van der Waals surface area (Å²) in [5.41, 5.74) is 0. The summed E-state index contributed by atoms with van der Waals surface area (Å²) in [7, 11) is 0. The van der Waals surface area contributed by atoms with Crippen LogP contribution >= 0.6 is 0 Å². The molecule has 0 aromatic heterocycles. The van der Waals surface area contributed by atoms with Gasteiger partial charge in [-0.2, -0.15) is 0 Å². The Morgan fingerprint density at radius 1 is 1.50 bits per heavy atom. The first-order valence-corrected chi connectivity index (χ1v) is 5.08. The molecule has 1 atom stereocenters. The Balaban J connectivity index is 3.39. The standard InChI is InChI=1S/C11H21NO2/c1-5-11(13)14-7-6-10(4)12-8-9(2)3/h5,9-10,12H,1,6-8H2,2-4H3. The van der Waals surface area contributed by atoms with Gasteiger partial charge in [-0.1, -0.05) is 20.4 Å². The van der Waals surface area contributed by atoms with E-state index in [1.807, 2.05) is 0 Å². The van der Waals surface area contributed by atoms with Gasteiger partial charge in [-0.15, -0.1) is 0 Å². The summed E-state index contributed by atoms with van der Waals surface area (Å²) in [5, 5.41) is 3.36. The van der Waals surface area contributed by atoms with Gasteiger partial charge in [0.2, 0.25) is 0 Å². The molecule has 0 aromatic carbocycles. The zero-order chi connectivity index (χ0) is 11.0. The first-order valence-electron chi connectivity index (χ1n) is 5.08. The minimum absolute atomic E-state index is 0.346. The molecule has 0 radical (unpaired) electrons. The first-order chi connectivity index (χ1) is 6.56. The maximum absolute atomic E-state index is 10.7. The molecule has 82 valence electrons. The van der Waals surface area contributed by atoms with Gasteiger partial charge in [0.15, 0.2) is 0 Å². The van der Waals surface area contributed by atoms with Gasteiger partial charge in [0, 0.05) is 12.1 Å². The van der Waals surface area contributed by atoms with Crippen molar-refractivity contribution in [2.24, 2.45) is 5.92 Å². The van der Waals surface area contributed by atoms with E-state index in [9.17, 15) is 4.79 Å². The zero-order valence-corrected chi connectivity index (χ0v) is 9.38. The number of nitrogens with one attached hydrogen (secondary N) is 1. The van der Waals surface area contributed by atoms with Gasteiger partial charge < -0.3 is 10.1 Å². The maximum atomic E-state index is 10.7. The molecule has 0 aliphatic rings. The lowest BCUT2D eigenvalue weighted by molar-refractivity contribution is -0.137. The van der Waals surface area contributed by atoms with Crippen LogP contribution in [0.1, 0.15) is 27.2 Å². The average Bonchev–Trinajstić information content (AvgIpc) is 2.14. The predicted octanol–water partition coefficient (Wildman–Crippen LogP) is 1.74. The lowest BCUT2D eigenvalue weighted by Crippen LogP contribution is -2.30. The van der Waals surface area contributed by atoms with E-state index in [2.05, 4.69) is 32.7 Å². The molecule has 0 spiro atoms. The average molecular weight is 199 g/mol. The second-order valence-electron chi connectivity index (χ2n) is 3.86. The van der Waals surface area contributed by atoms with Gasteiger partial charge in [0.25, 0.3) is 0 Å². The van der Waals surface area contributed by atoms with E-state index in [4.69, 9.17) is 4.74 Å². The van der Waals surface area contributed by atoms with Gasteiger partial charge in [0.05, 0.1) is 6.61 Å². The van der Waals surface area contributed by atoms with Crippen LogP contribution in [0.25, 0.3) is 0 Å². The number of carbonyl (C=O) groups is 1. The highest BCUT2D eigenvalue weighted by atomic mass is 16.5. The van der Waals surface area contributed by atoms with Crippen LogP contribution in [0.4, 0.5) is 0 Å². The van der Waals surface area contributed by atoms with Crippen LogP contribution in [0.2, 0.25) is 0 Å². The van der Waals surface area contributed by atoms with Crippen molar-refractivity contribution in [2.45, 2.75) is 33.2 Å². The summed E-state index contributed by atoms with van der Waals surface area (Å²) in [6, 6.07) is 0.384. The number of carbonyl (C=O) groups excluding carboxylic acids is 1. The number of ether oxygens (including phenoxy) is 1. The van der Waals surface area contributed by atoms with Crippen molar-refractivity contribution < 1.29 is 9.53 Å². The Kier molecular flexibility index (Phi) is 7.11. The number of rotatable bonds is 7. The molecular formula is C11H21NO2. The van der Waals surface area contributed by atoms with Crippen LogP contribution in [0.15, 0.2) is 12.7 Å². The van der Waals surface area contributed by atoms with E-state index in [-0.39, 0.29) is 5.97 Å². The maximum Gasteiger partial charge on any atom is 0.330 e. The topological polar surface area (TPSA) is 38.3 Å². The molecule has 0 fully saturated rings. The van der Waals surface area contributed by atoms with Crippen LogP contribution in [-0.2, 0) is 9.53 Å². The molecule has 3 heteroatoms. The molecule has 0 aromatic rings. The van der Waals surface area contributed by atoms with Crippen molar-refractivity contribution in [3.8, 4) is 0 Å². The molecule has 0 amide bonds. The second-order valence-corrected chi connectivity index (χ2v) is 3.86. The van der Waals surface area contributed by atoms with E-state index in [1.165, 1.54) is 6.08 Å². The lowest BCUT2D eigenvalue weighted by atomic mass is 10.2. The molecule has 14 heavy (non-hydrogen) atoms. The van der Waals surface area contributed by atoms with Gasteiger partial charge >= 0.3 is 5.97 Å². The quantitative estimate of drug-likeness (QED) is 0.501. The summed E-state index contributed by atoms with van der Waals surface area (Å²) in [6.45, 7) is 11.2. The largest absolute Gasteiger partial charge is 0.462 e. The Morgan fingerprint density at radius 3 is 2.64 bits per heavy atom. The van der Waals surface area contributed by atoms with Crippen molar-refractivity contribution >= 4 is 5.97 Å². The van der Waals surface area contributed by atoms with E-state index in [0.717, 1.165) is 13.0 Å². The van der Waals surface area contributed by atoms with Gasteiger partial charge in [-0.3, -0.25) is 0 Å².